The molecule has 20 heavy (non-hydrogen) atoms. The fraction of sp³-hybridized carbons (Fsp3) is 0.824. The topological polar surface area (TPSA) is 26.3 Å². The van der Waals surface area contributed by atoms with Crippen molar-refractivity contribution < 1.29 is 9.53 Å². The van der Waals surface area contributed by atoms with Crippen LogP contribution >= 0.6 is 0 Å². The monoisotopic (exact) mass is 298 g/mol. The second-order valence-corrected chi connectivity index (χ2v) is 10.9. The van der Waals surface area contributed by atoms with Crippen molar-refractivity contribution in [1.82, 2.24) is 0 Å². The Bertz CT molecular complexity index is 242. The molecule has 0 saturated carbocycles. The van der Waals surface area contributed by atoms with Crippen molar-refractivity contribution in [1.29, 1.82) is 0 Å². The van der Waals surface area contributed by atoms with Crippen molar-refractivity contribution >= 4 is 14.0 Å². The average molecular weight is 299 g/mol. The molecule has 0 bridgehead atoms. The zero-order valence-corrected chi connectivity index (χ0v) is 14.9. The summed E-state index contributed by atoms with van der Waals surface area (Å²) >= 11 is 0. The Morgan fingerprint density at radius 3 is 1.75 bits per heavy atom. The molecule has 0 aromatic heterocycles. The van der Waals surface area contributed by atoms with Crippen LogP contribution in [0.25, 0.3) is 0 Å². The van der Waals surface area contributed by atoms with Gasteiger partial charge in [-0.25, -0.2) is 4.79 Å². The van der Waals surface area contributed by atoms with Gasteiger partial charge in [-0.2, -0.15) is 0 Å². The van der Waals surface area contributed by atoms with Gasteiger partial charge in [0.25, 0.3) is 0 Å². The molecule has 0 fully saturated rings. The Morgan fingerprint density at radius 1 is 0.950 bits per heavy atom. The molecule has 0 aromatic carbocycles. The fourth-order valence-electron chi connectivity index (χ4n) is 2.83. The van der Waals surface area contributed by atoms with E-state index >= 15 is 0 Å². The van der Waals surface area contributed by atoms with E-state index in [-0.39, 0.29) is 5.97 Å². The normalized spacial score (nSPS) is 11.3. The highest BCUT2D eigenvalue weighted by Gasteiger charge is 2.30. The van der Waals surface area contributed by atoms with Crippen LogP contribution in [0.3, 0.4) is 0 Å². The average Bonchev–Trinajstić information content (AvgIpc) is 2.48. The first-order chi connectivity index (χ1) is 9.64. The number of rotatable bonds is 13. The van der Waals surface area contributed by atoms with Gasteiger partial charge in [-0.15, -0.1) is 0 Å². The molecule has 0 aromatic rings. The Kier molecular flexibility index (Phi) is 11.8. The van der Waals surface area contributed by atoms with E-state index in [4.69, 9.17) is 4.74 Å². The van der Waals surface area contributed by atoms with Gasteiger partial charge in [-0.05, 0) is 6.04 Å². The summed E-state index contributed by atoms with van der Waals surface area (Å²) in [5.41, 5.74) is 0. The minimum atomic E-state index is -1.25. The largest absolute Gasteiger partial charge is 0.463 e. The third kappa shape index (κ3) is 8.57. The predicted molar refractivity (Wildman–Crippen MR) is 90.9 cm³/mol. The lowest BCUT2D eigenvalue weighted by molar-refractivity contribution is -0.137. The second kappa shape index (κ2) is 12.2. The molecular weight excluding hydrogens is 264 g/mol. The first kappa shape index (κ1) is 19.4. The van der Waals surface area contributed by atoms with Crippen LogP contribution in [0, 0.1) is 0 Å². The number of carbonyl (C=O) groups excluding carboxylic acids is 1. The Hall–Kier alpha value is -0.573. The van der Waals surface area contributed by atoms with E-state index < -0.39 is 8.07 Å². The van der Waals surface area contributed by atoms with Crippen LogP contribution in [0.5, 0.6) is 0 Å². The highest BCUT2D eigenvalue weighted by atomic mass is 28.3. The molecule has 0 radical (unpaired) electrons. The SMILES string of the molecule is C=CC(=O)OCC[Si](CCCC)(CCCC)CCCC. The van der Waals surface area contributed by atoms with Gasteiger partial charge in [-0.1, -0.05) is 84.0 Å². The molecule has 3 heteroatoms. The molecule has 0 atom stereocenters. The molecule has 118 valence electrons. The summed E-state index contributed by atoms with van der Waals surface area (Å²) < 4.78 is 5.26. The number of unbranched alkanes of at least 4 members (excludes halogenated alkanes) is 3. The minimum Gasteiger partial charge on any atom is -0.463 e. The maximum atomic E-state index is 11.2. The lowest BCUT2D eigenvalue weighted by Crippen LogP contribution is -2.35. The van der Waals surface area contributed by atoms with Crippen molar-refractivity contribution in [3.63, 3.8) is 0 Å². The predicted octanol–water partition coefficient (Wildman–Crippen LogP) is 5.56. The van der Waals surface area contributed by atoms with Gasteiger partial charge in [0.15, 0.2) is 0 Å². The standard InChI is InChI=1S/C17H34O2Si/c1-5-9-13-20(14-10-6-2,15-11-7-3)16-12-19-17(18)8-4/h8H,4-7,9-16H2,1-3H3. The number of ether oxygens (including phenoxy) is 1. The Labute approximate surface area is 127 Å². The molecule has 0 spiro atoms. The summed E-state index contributed by atoms with van der Waals surface area (Å²) in [6, 6.07) is 5.38. The zero-order valence-electron chi connectivity index (χ0n) is 13.9. The number of hydrogen-bond acceptors (Lipinski definition) is 2. The number of carbonyl (C=O) groups is 1. The Balaban J connectivity index is 4.56. The smallest absolute Gasteiger partial charge is 0.330 e. The van der Waals surface area contributed by atoms with E-state index in [0.717, 1.165) is 6.04 Å². The molecule has 0 N–H and O–H groups in total. The van der Waals surface area contributed by atoms with Gasteiger partial charge in [0, 0.05) is 6.08 Å². The van der Waals surface area contributed by atoms with E-state index in [1.807, 2.05) is 0 Å². The maximum absolute atomic E-state index is 11.2. The van der Waals surface area contributed by atoms with Crippen molar-refractivity contribution in [3.05, 3.63) is 12.7 Å². The van der Waals surface area contributed by atoms with Crippen molar-refractivity contribution in [2.75, 3.05) is 6.61 Å². The molecule has 0 aliphatic rings. The zero-order chi connectivity index (χ0) is 15.3. The molecule has 0 unspecified atom stereocenters. The lowest BCUT2D eigenvalue weighted by atomic mass is 10.4. The maximum Gasteiger partial charge on any atom is 0.330 e. The quantitative estimate of drug-likeness (QED) is 0.252. The first-order valence-corrected chi connectivity index (χ1v) is 11.3. The minimum absolute atomic E-state index is 0.269. The van der Waals surface area contributed by atoms with Crippen LogP contribution in [0.15, 0.2) is 12.7 Å². The van der Waals surface area contributed by atoms with Crippen LogP contribution in [-0.4, -0.2) is 20.7 Å². The van der Waals surface area contributed by atoms with E-state index in [2.05, 4.69) is 27.4 Å². The van der Waals surface area contributed by atoms with Crippen LogP contribution in [-0.2, 0) is 9.53 Å². The van der Waals surface area contributed by atoms with Crippen LogP contribution in [0.2, 0.25) is 24.2 Å². The summed E-state index contributed by atoms with van der Waals surface area (Å²) in [5, 5.41) is 0. The third-order valence-electron chi connectivity index (χ3n) is 4.23. The van der Waals surface area contributed by atoms with Crippen molar-refractivity contribution in [3.8, 4) is 0 Å². The van der Waals surface area contributed by atoms with Crippen LogP contribution in [0.1, 0.15) is 59.3 Å². The molecule has 2 nitrogen and oxygen atoms in total. The number of hydrogen-bond donors (Lipinski definition) is 0. The highest BCUT2D eigenvalue weighted by molar-refractivity contribution is 6.79. The summed E-state index contributed by atoms with van der Waals surface area (Å²) in [7, 11) is -1.25. The van der Waals surface area contributed by atoms with Crippen molar-refractivity contribution in [2.24, 2.45) is 0 Å². The van der Waals surface area contributed by atoms with Crippen molar-refractivity contribution in [2.45, 2.75) is 83.5 Å². The lowest BCUT2D eigenvalue weighted by Gasteiger charge is -2.32. The van der Waals surface area contributed by atoms with Crippen LogP contribution < -0.4 is 0 Å². The van der Waals surface area contributed by atoms with Gasteiger partial charge in [0.1, 0.15) is 0 Å². The molecule has 0 aliphatic carbocycles. The summed E-state index contributed by atoms with van der Waals surface area (Å²) in [5.74, 6) is -0.269. The van der Waals surface area contributed by atoms with E-state index in [1.165, 1.54) is 62.7 Å². The Morgan fingerprint density at radius 2 is 1.40 bits per heavy atom. The highest BCUT2D eigenvalue weighted by Crippen LogP contribution is 2.32. The first-order valence-electron chi connectivity index (χ1n) is 8.43. The van der Waals surface area contributed by atoms with E-state index in [9.17, 15) is 4.79 Å². The van der Waals surface area contributed by atoms with Gasteiger partial charge in [-0.3, -0.25) is 0 Å². The molecule has 0 saturated heterocycles. The van der Waals surface area contributed by atoms with Gasteiger partial charge in [0.2, 0.25) is 0 Å². The summed E-state index contributed by atoms with van der Waals surface area (Å²) in [6.45, 7) is 10.9. The summed E-state index contributed by atoms with van der Waals surface area (Å²) in [4.78, 5) is 11.2. The molecule has 0 amide bonds. The van der Waals surface area contributed by atoms with E-state index in [1.54, 1.807) is 0 Å². The molecular formula is C17H34O2Si. The molecule has 0 aliphatic heterocycles. The van der Waals surface area contributed by atoms with Gasteiger partial charge >= 0.3 is 5.97 Å². The molecule has 0 heterocycles. The third-order valence-corrected chi connectivity index (χ3v) is 9.73. The van der Waals surface area contributed by atoms with Gasteiger partial charge < -0.3 is 4.74 Å². The molecule has 0 rings (SSSR count). The summed E-state index contributed by atoms with van der Waals surface area (Å²) in [6.07, 6.45) is 9.13. The number of esters is 1. The van der Waals surface area contributed by atoms with Gasteiger partial charge in [0.05, 0.1) is 14.7 Å². The second-order valence-electron chi connectivity index (χ2n) is 5.93. The van der Waals surface area contributed by atoms with Crippen LogP contribution in [0.4, 0.5) is 0 Å². The fourth-order valence-corrected chi connectivity index (χ4v) is 8.18. The van der Waals surface area contributed by atoms with E-state index in [0.29, 0.717) is 6.61 Å².